The van der Waals surface area contributed by atoms with Gasteiger partial charge in [-0.2, -0.15) is 0 Å². The molecule has 0 bridgehead atoms. The highest BCUT2D eigenvalue weighted by Crippen LogP contribution is 2.24. The summed E-state index contributed by atoms with van der Waals surface area (Å²) >= 11 is 1.42. The summed E-state index contributed by atoms with van der Waals surface area (Å²) in [4.78, 5) is 12.3. The normalized spacial score (nSPS) is 17.0. The van der Waals surface area contributed by atoms with E-state index in [0.717, 1.165) is 42.7 Å². The van der Waals surface area contributed by atoms with Crippen molar-refractivity contribution in [2.75, 3.05) is 17.7 Å². The van der Waals surface area contributed by atoms with Gasteiger partial charge >= 0.3 is 0 Å². The van der Waals surface area contributed by atoms with Gasteiger partial charge in [-0.3, -0.25) is 4.79 Å². The second-order valence-corrected chi connectivity index (χ2v) is 7.89. The number of nitrogens with zero attached hydrogens (tertiary/aromatic N) is 3. The van der Waals surface area contributed by atoms with E-state index in [0.29, 0.717) is 5.75 Å². The molecule has 1 aromatic heterocycles. The molecule has 0 aliphatic carbocycles. The van der Waals surface area contributed by atoms with E-state index < -0.39 is 0 Å². The molecule has 1 N–H and O–H groups in total. The molecule has 2 heterocycles. The monoisotopic (exact) mass is 374 g/mol. The smallest absolute Gasteiger partial charge is 0.234 e. The van der Waals surface area contributed by atoms with Gasteiger partial charge in [0.25, 0.3) is 0 Å². The Morgan fingerprint density at radius 3 is 2.77 bits per heavy atom. The molecule has 1 aliphatic heterocycles. The Morgan fingerprint density at radius 2 is 2.12 bits per heavy atom. The molecule has 140 valence electrons. The predicted octanol–water partition coefficient (Wildman–Crippen LogP) is 3.62. The first-order valence-corrected chi connectivity index (χ1v) is 10.1. The topological polar surface area (TPSA) is 69.0 Å². The highest BCUT2D eigenvalue weighted by Gasteiger charge is 2.22. The Bertz CT molecular complexity index is 736. The number of aryl methyl sites for hydroxylation is 1. The number of carbonyl (C=O) groups is 1. The molecule has 7 heteroatoms. The molecule has 0 radical (unpaired) electrons. The van der Waals surface area contributed by atoms with Crippen molar-refractivity contribution in [2.24, 2.45) is 0 Å². The average molecular weight is 375 g/mol. The summed E-state index contributed by atoms with van der Waals surface area (Å²) in [6, 6.07) is 7.79. The Morgan fingerprint density at radius 1 is 1.35 bits per heavy atom. The van der Waals surface area contributed by atoms with Gasteiger partial charge < -0.3 is 14.6 Å². The van der Waals surface area contributed by atoms with Crippen molar-refractivity contribution in [1.82, 2.24) is 14.8 Å². The zero-order chi connectivity index (χ0) is 18.5. The minimum absolute atomic E-state index is 0.0448. The maximum absolute atomic E-state index is 12.3. The summed E-state index contributed by atoms with van der Waals surface area (Å²) in [5.74, 6) is 1.48. The Labute approximate surface area is 158 Å². The van der Waals surface area contributed by atoms with Gasteiger partial charge in [0.1, 0.15) is 5.82 Å². The Hall–Kier alpha value is -1.86. The van der Waals surface area contributed by atoms with Crippen LogP contribution in [0.3, 0.4) is 0 Å². The number of ether oxygens (including phenoxy) is 1. The summed E-state index contributed by atoms with van der Waals surface area (Å²) in [6.45, 7) is 7.81. The van der Waals surface area contributed by atoms with Crippen LogP contribution in [0.2, 0.25) is 0 Å². The number of nitrogens with one attached hydrogen (secondary N) is 1. The number of anilines is 1. The van der Waals surface area contributed by atoms with E-state index in [1.165, 1.54) is 17.3 Å². The molecule has 6 nitrogen and oxygen atoms in total. The zero-order valence-electron chi connectivity index (χ0n) is 15.6. The summed E-state index contributed by atoms with van der Waals surface area (Å²) in [7, 11) is 0. The molecule has 1 atom stereocenters. The van der Waals surface area contributed by atoms with Crippen LogP contribution >= 0.6 is 11.8 Å². The van der Waals surface area contributed by atoms with Crippen molar-refractivity contribution in [1.29, 1.82) is 0 Å². The first-order valence-electron chi connectivity index (χ1n) is 9.07. The second kappa shape index (κ2) is 8.68. The first-order chi connectivity index (χ1) is 12.5. The van der Waals surface area contributed by atoms with Crippen LogP contribution in [0.5, 0.6) is 0 Å². The molecule has 1 amide bonds. The molecule has 26 heavy (non-hydrogen) atoms. The molecule has 1 aromatic carbocycles. The van der Waals surface area contributed by atoms with Gasteiger partial charge in [-0.15, -0.1) is 10.2 Å². The zero-order valence-corrected chi connectivity index (χ0v) is 16.4. The standard InChI is InChI=1S/C19H26N4O2S/c1-13(2)18-21-22-19(23(18)11-16-5-4-10-25-16)26-12-17(24)20-15-8-6-14(3)7-9-15/h6-9,13,16H,4-5,10-12H2,1-3H3,(H,20,24). The van der Waals surface area contributed by atoms with Crippen LogP contribution in [0.25, 0.3) is 0 Å². The quantitative estimate of drug-likeness (QED) is 0.750. The molecular weight excluding hydrogens is 348 g/mol. The number of hydrogen-bond donors (Lipinski definition) is 1. The van der Waals surface area contributed by atoms with Crippen LogP contribution in [-0.2, 0) is 16.1 Å². The summed E-state index contributed by atoms with van der Waals surface area (Å²) in [6.07, 6.45) is 2.38. The second-order valence-electron chi connectivity index (χ2n) is 6.94. The van der Waals surface area contributed by atoms with Crippen LogP contribution in [0, 0.1) is 6.92 Å². The predicted molar refractivity (Wildman–Crippen MR) is 104 cm³/mol. The third kappa shape index (κ3) is 4.86. The van der Waals surface area contributed by atoms with E-state index in [9.17, 15) is 4.79 Å². The van der Waals surface area contributed by atoms with Gasteiger partial charge in [-0.25, -0.2) is 0 Å². The van der Waals surface area contributed by atoms with E-state index in [-0.39, 0.29) is 17.9 Å². The maximum atomic E-state index is 12.3. The number of thioether (sulfide) groups is 1. The molecule has 3 rings (SSSR count). The van der Waals surface area contributed by atoms with E-state index in [4.69, 9.17) is 4.74 Å². The lowest BCUT2D eigenvalue weighted by Crippen LogP contribution is -2.19. The molecule has 1 fully saturated rings. The number of amides is 1. The van der Waals surface area contributed by atoms with E-state index in [1.54, 1.807) is 0 Å². The number of aromatic nitrogens is 3. The molecule has 0 spiro atoms. The van der Waals surface area contributed by atoms with Crippen molar-refractivity contribution in [3.05, 3.63) is 35.7 Å². The summed E-state index contributed by atoms with van der Waals surface area (Å²) in [5, 5.41) is 12.3. The van der Waals surface area contributed by atoms with Crippen LogP contribution in [0.1, 0.15) is 44.0 Å². The number of benzene rings is 1. The van der Waals surface area contributed by atoms with Crippen molar-refractivity contribution in [3.8, 4) is 0 Å². The van der Waals surface area contributed by atoms with Crippen LogP contribution in [0.15, 0.2) is 29.4 Å². The van der Waals surface area contributed by atoms with Gasteiger partial charge in [-0.05, 0) is 31.9 Å². The Kier molecular flexibility index (Phi) is 6.32. The lowest BCUT2D eigenvalue weighted by molar-refractivity contribution is -0.113. The van der Waals surface area contributed by atoms with Gasteiger partial charge in [-0.1, -0.05) is 43.3 Å². The Balaban J connectivity index is 1.62. The van der Waals surface area contributed by atoms with Crippen molar-refractivity contribution >= 4 is 23.4 Å². The van der Waals surface area contributed by atoms with E-state index in [1.807, 2.05) is 31.2 Å². The number of hydrogen-bond acceptors (Lipinski definition) is 5. The van der Waals surface area contributed by atoms with Gasteiger partial charge in [0.05, 0.1) is 18.4 Å². The van der Waals surface area contributed by atoms with Crippen molar-refractivity contribution in [2.45, 2.75) is 57.3 Å². The first kappa shape index (κ1) is 18.9. The fourth-order valence-corrected chi connectivity index (χ4v) is 3.72. The van der Waals surface area contributed by atoms with Gasteiger partial charge in [0, 0.05) is 18.2 Å². The van der Waals surface area contributed by atoms with Crippen LogP contribution < -0.4 is 5.32 Å². The highest BCUT2D eigenvalue weighted by atomic mass is 32.2. The molecule has 1 aliphatic rings. The lowest BCUT2D eigenvalue weighted by Gasteiger charge is -2.16. The molecule has 2 aromatic rings. The molecule has 1 saturated heterocycles. The summed E-state index contributed by atoms with van der Waals surface area (Å²) < 4.78 is 7.88. The van der Waals surface area contributed by atoms with Gasteiger partial charge in [0.2, 0.25) is 5.91 Å². The summed E-state index contributed by atoms with van der Waals surface area (Å²) in [5.41, 5.74) is 1.98. The number of carbonyl (C=O) groups excluding carboxylic acids is 1. The molecule has 0 saturated carbocycles. The largest absolute Gasteiger partial charge is 0.376 e. The fourth-order valence-electron chi connectivity index (χ4n) is 2.96. The van der Waals surface area contributed by atoms with Crippen molar-refractivity contribution in [3.63, 3.8) is 0 Å². The maximum Gasteiger partial charge on any atom is 0.234 e. The average Bonchev–Trinajstić information content (AvgIpc) is 3.25. The van der Waals surface area contributed by atoms with E-state index >= 15 is 0 Å². The van der Waals surface area contributed by atoms with E-state index in [2.05, 4.69) is 33.9 Å². The lowest BCUT2D eigenvalue weighted by atomic mass is 10.2. The van der Waals surface area contributed by atoms with Gasteiger partial charge in [0.15, 0.2) is 5.16 Å². The highest BCUT2D eigenvalue weighted by molar-refractivity contribution is 7.99. The minimum Gasteiger partial charge on any atom is -0.376 e. The van der Waals surface area contributed by atoms with Crippen molar-refractivity contribution < 1.29 is 9.53 Å². The minimum atomic E-state index is -0.0448. The number of rotatable bonds is 7. The molecular formula is C19H26N4O2S. The van der Waals surface area contributed by atoms with Crippen LogP contribution in [-0.4, -0.2) is 39.1 Å². The third-order valence-corrected chi connectivity index (χ3v) is 5.31. The molecule has 1 unspecified atom stereocenters. The van der Waals surface area contributed by atoms with Crippen LogP contribution in [0.4, 0.5) is 5.69 Å². The SMILES string of the molecule is Cc1ccc(NC(=O)CSc2nnc(C(C)C)n2CC2CCCO2)cc1. The third-order valence-electron chi connectivity index (χ3n) is 4.34. The fraction of sp³-hybridized carbons (Fsp3) is 0.526.